The van der Waals surface area contributed by atoms with Gasteiger partial charge < -0.3 is 19.7 Å². The smallest absolute Gasteiger partial charge is 0.253 e. The van der Waals surface area contributed by atoms with E-state index in [9.17, 15) is 14.4 Å². The van der Waals surface area contributed by atoms with Gasteiger partial charge in [0.2, 0.25) is 5.91 Å². The molecule has 1 saturated heterocycles. The number of ether oxygens (including phenoxy) is 2. The topological polar surface area (TPSA) is 84.9 Å². The number of carbonyl (C=O) groups is 3. The van der Waals surface area contributed by atoms with Crippen LogP contribution in [0, 0.1) is 5.92 Å². The van der Waals surface area contributed by atoms with Crippen LogP contribution in [0.2, 0.25) is 0 Å². The predicted octanol–water partition coefficient (Wildman–Crippen LogP) is 3.15. The second kappa shape index (κ2) is 8.57. The van der Waals surface area contributed by atoms with Gasteiger partial charge >= 0.3 is 0 Å². The Kier molecular flexibility index (Phi) is 5.70. The van der Waals surface area contributed by atoms with Gasteiger partial charge in [-0.15, -0.1) is 0 Å². The summed E-state index contributed by atoms with van der Waals surface area (Å²) in [5.74, 6) is 0.957. The summed E-state index contributed by atoms with van der Waals surface area (Å²) < 4.78 is 11.1. The molecule has 0 spiro atoms. The minimum atomic E-state index is -0.182. The van der Waals surface area contributed by atoms with Gasteiger partial charge in [-0.2, -0.15) is 0 Å². The first-order chi connectivity index (χ1) is 14.5. The van der Waals surface area contributed by atoms with E-state index >= 15 is 0 Å². The average molecular weight is 408 g/mol. The highest BCUT2D eigenvalue weighted by molar-refractivity contribution is 5.99. The first-order valence-electron chi connectivity index (χ1n) is 10.1. The summed E-state index contributed by atoms with van der Waals surface area (Å²) in [6, 6.07) is 12.2. The Morgan fingerprint density at radius 2 is 1.67 bits per heavy atom. The van der Waals surface area contributed by atoms with Gasteiger partial charge in [0, 0.05) is 42.7 Å². The number of benzene rings is 2. The molecular weight excluding hydrogens is 384 g/mol. The van der Waals surface area contributed by atoms with Crippen molar-refractivity contribution in [3.05, 3.63) is 53.6 Å². The lowest BCUT2D eigenvalue weighted by molar-refractivity contribution is -0.114. The Bertz CT molecular complexity index is 979. The molecule has 2 aliphatic rings. The van der Waals surface area contributed by atoms with Crippen molar-refractivity contribution in [2.24, 2.45) is 5.92 Å². The summed E-state index contributed by atoms with van der Waals surface area (Å²) in [7, 11) is 0. The number of ketones is 1. The van der Waals surface area contributed by atoms with E-state index < -0.39 is 0 Å². The molecule has 0 saturated carbocycles. The van der Waals surface area contributed by atoms with Gasteiger partial charge in [0.15, 0.2) is 17.3 Å². The molecule has 2 amide bonds. The number of carbonyl (C=O) groups excluding carboxylic acids is 3. The van der Waals surface area contributed by atoms with E-state index in [4.69, 9.17) is 9.47 Å². The summed E-state index contributed by atoms with van der Waals surface area (Å²) in [5.41, 5.74) is 1.74. The number of piperidine rings is 1. The van der Waals surface area contributed by atoms with E-state index in [0.29, 0.717) is 67.5 Å². The highest BCUT2D eigenvalue weighted by Crippen LogP contribution is 2.32. The summed E-state index contributed by atoms with van der Waals surface area (Å²) in [6.45, 7) is 3.46. The zero-order valence-corrected chi connectivity index (χ0v) is 16.8. The molecule has 2 aromatic rings. The fraction of sp³-hybridized carbons (Fsp3) is 0.348. The molecule has 2 heterocycles. The fourth-order valence-electron chi connectivity index (χ4n) is 3.89. The van der Waals surface area contributed by atoms with Crippen molar-refractivity contribution in [2.75, 3.05) is 31.6 Å². The molecule has 2 aromatic carbocycles. The molecule has 7 heteroatoms. The van der Waals surface area contributed by atoms with E-state index in [0.717, 1.165) is 0 Å². The van der Waals surface area contributed by atoms with Crippen LogP contribution in [0.1, 0.15) is 40.5 Å². The molecule has 7 nitrogen and oxygen atoms in total. The maximum absolute atomic E-state index is 12.9. The third-order valence-corrected chi connectivity index (χ3v) is 5.41. The monoisotopic (exact) mass is 408 g/mol. The highest BCUT2D eigenvalue weighted by atomic mass is 16.6. The minimum absolute atomic E-state index is 0.0757. The standard InChI is InChI=1S/C23H24N2O5/c1-15(26)24-19-4-2-3-18(13-19)23(28)25-9-7-16(8-10-25)22(27)17-5-6-20-21(14-17)30-12-11-29-20/h2-6,13-14,16H,7-12H2,1H3,(H,24,26). The quantitative estimate of drug-likeness (QED) is 0.786. The number of nitrogens with one attached hydrogen (secondary N) is 1. The van der Waals surface area contributed by atoms with Crippen LogP contribution >= 0.6 is 0 Å². The Hall–Kier alpha value is -3.35. The van der Waals surface area contributed by atoms with Crippen LogP contribution in [0.5, 0.6) is 11.5 Å². The van der Waals surface area contributed by atoms with Crippen LogP contribution in [-0.2, 0) is 4.79 Å². The maximum Gasteiger partial charge on any atom is 0.253 e. The van der Waals surface area contributed by atoms with E-state index in [1.807, 2.05) is 0 Å². The summed E-state index contributed by atoms with van der Waals surface area (Å²) >= 11 is 0. The number of nitrogens with zero attached hydrogens (tertiary/aromatic N) is 1. The van der Waals surface area contributed by atoms with Crippen molar-refractivity contribution in [1.82, 2.24) is 4.90 Å². The zero-order chi connectivity index (χ0) is 21.1. The van der Waals surface area contributed by atoms with Gasteiger partial charge in [0.05, 0.1) is 0 Å². The van der Waals surface area contributed by atoms with Crippen molar-refractivity contribution in [1.29, 1.82) is 0 Å². The number of anilines is 1. The maximum atomic E-state index is 12.9. The highest BCUT2D eigenvalue weighted by Gasteiger charge is 2.29. The number of amides is 2. The fourth-order valence-corrected chi connectivity index (χ4v) is 3.89. The first-order valence-corrected chi connectivity index (χ1v) is 10.1. The van der Waals surface area contributed by atoms with Gasteiger partial charge in [0.25, 0.3) is 5.91 Å². The molecule has 30 heavy (non-hydrogen) atoms. The van der Waals surface area contributed by atoms with E-state index in [1.54, 1.807) is 47.4 Å². The lowest BCUT2D eigenvalue weighted by atomic mass is 9.88. The molecule has 0 atom stereocenters. The Labute approximate surface area is 175 Å². The van der Waals surface area contributed by atoms with Crippen molar-refractivity contribution >= 4 is 23.3 Å². The number of likely N-dealkylation sites (tertiary alicyclic amines) is 1. The van der Waals surface area contributed by atoms with Gasteiger partial charge in [-0.3, -0.25) is 14.4 Å². The molecule has 0 aliphatic carbocycles. The second-order valence-corrected chi connectivity index (χ2v) is 7.55. The number of rotatable bonds is 4. The molecule has 0 aromatic heterocycles. The van der Waals surface area contributed by atoms with Crippen molar-refractivity contribution in [2.45, 2.75) is 19.8 Å². The number of fused-ring (bicyclic) bond motifs is 1. The van der Waals surface area contributed by atoms with Crippen molar-refractivity contribution in [3.63, 3.8) is 0 Å². The zero-order valence-electron chi connectivity index (χ0n) is 16.8. The molecule has 0 unspecified atom stereocenters. The Morgan fingerprint density at radius 3 is 2.40 bits per heavy atom. The minimum Gasteiger partial charge on any atom is -0.486 e. The van der Waals surface area contributed by atoms with Crippen LogP contribution in [0.15, 0.2) is 42.5 Å². The van der Waals surface area contributed by atoms with Gasteiger partial charge in [-0.1, -0.05) is 6.07 Å². The van der Waals surface area contributed by atoms with Crippen LogP contribution in [0.4, 0.5) is 5.69 Å². The van der Waals surface area contributed by atoms with Crippen LogP contribution in [0.25, 0.3) is 0 Å². The van der Waals surface area contributed by atoms with Crippen molar-refractivity contribution < 1.29 is 23.9 Å². The third-order valence-electron chi connectivity index (χ3n) is 5.41. The first kappa shape index (κ1) is 19.9. The van der Waals surface area contributed by atoms with Gasteiger partial charge in [-0.05, 0) is 49.2 Å². The lowest BCUT2D eigenvalue weighted by Crippen LogP contribution is -2.40. The molecule has 0 radical (unpaired) electrons. The Balaban J connectivity index is 1.38. The van der Waals surface area contributed by atoms with E-state index in [-0.39, 0.29) is 23.5 Å². The van der Waals surface area contributed by atoms with E-state index in [1.165, 1.54) is 6.92 Å². The summed E-state index contributed by atoms with van der Waals surface area (Å²) in [4.78, 5) is 38.8. The summed E-state index contributed by atoms with van der Waals surface area (Å²) in [6.07, 6.45) is 1.23. The van der Waals surface area contributed by atoms with E-state index in [2.05, 4.69) is 5.32 Å². The van der Waals surface area contributed by atoms with Gasteiger partial charge in [0.1, 0.15) is 13.2 Å². The third kappa shape index (κ3) is 4.30. The largest absolute Gasteiger partial charge is 0.486 e. The number of hydrogen-bond acceptors (Lipinski definition) is 5. The molecular formula is C23H24N2O5. The molecule has 0 bridgehead atoms. The predicted molar refractivity (Wildman–Crippen MR) is 111 cm³/mol. The summed E-state index contributed by atoms with van der Waals surface area (Å²) in [5, 5.41) is 2.69. The molecule has 156 valence electrons. The van der Waals surface area contributed by atoms with Crippen molar-refractivity contribution in [3.8, 4) is 11.5 Å². The SMILES string of the molecule is CC(=O)Nc1cccc(C(=O)N2CCC(C(=O)c3ccc4c(c3)OCCO4)CC2)c1. The Morgan fingerprint density at radius 1 is 0.933 bits per heavy atom. The normalized spacial score (nSPS) is 16.1. The number of Topliss-reactive ketones (excluding diaryl/α,β-unsaturated/α-hetero) is 1. The molecule has 4 rings (SSSR count). The van der Waals surface area contributed by atoms with Crippen LogP contribution in [-0.4, -0.2) is 48.8 Å². The molecule has 2 aliphatic heterocycles. The average Bonchev–Trinajstić information content (AvgIpc) is 2.77. The van der Waals surface area contributed by atoms with Gasteiger partial charge in [-0.25, -0.2) is 0 Å². The molecule has 1 fully saturated rings. The number of hydrogen-bond donors (Lipinski definition) is 1. The van der Waals surface area contributed by atoms with Crippen LogP contribution in [0.3, 0.4) is 0 Å². The second-order valence-electron chi connectivity index (χ2n) is 7.55. The van der Waals surface area contributed by atoms with Crippen LogP contribution < -0.4 is 14.8 Å². The lowest BCUT2D eigenvalue weighted by Gasteiger charge is -2.31. The molecule has 1 N–H and O–H groups in total.